The minimum Gasteiger partial charge on any atom is -0.485 e. The van der Waals surface area contributed by atoms with Crippen molar-refractivity contribution < 1.29 is 48.2 Å². The molecule has 5 aromatic rings. The molecule has 7 rings (SSSR count). The van der Waals surface area contributed by atoms with Crippen molar-refractivity contribution in [2.75, 3.05) is 6.61 Å². The molecule has 2 N–H and O–H groups in total. The van der Waals surface area contributed by atoms with Gasteiger partial charge < -0.3 is 43.4 Å². The Labute approximate surface area is 295 Å². The third-order valence-corrected chi connectivity index (χ3v) is 8.59. The second-order valence-electron chi connectivity index (χ2n) is 12.2. The second kappa shape index (κ2) is 16.2. The summed E-state index contributed by atoms with van der Waals surface area (Å²) >= 11 is 0. The molecule has 10 nitrogen and oxygen atoms in total. The van der Waals surface area contributed by atoms with Crippen LogP contribution in [0, 0.1) is 0 Å². The predicted octanol–water partition coefficient (Wildman–Crippen LogP) is 6.14. The second-order valence-corrected chi connectivity index (χ2v) is 12.2. The van der Waals surface area contributed by atoms with Crippen molar-refractivity contribution in [3.05, 3.63) is 161 Å². The summed E-state index contributed by atoms with van der Waals surface area (Å²) in [6, 6.07) is 41.1. The lowest BCUT2D eigenvalue weighted by molar-refractivity contribution is -0.353. The molecule has 0 spiro atoms. The average Bonchev–Trinajstić information content (AvgIpc) is 3.19. The molecule has 4 unspecified atom stereocenters. The summed E-state index contributed by atoms with van der Waals surface area (Å²) in [5, 5.41) is 22.1. The lowest BCUT2D eigenvalue weighted by Crippen LogP contribution is -2.62. The van der Waals surface area contributed by atoms with E-state index in [-0.39, 0.29) is 43.5 Å². The van der Waals surface area contributed by atoms with E-state index in [0.717, 1.165) is 22.3 Å². The number of ether oxygens (including phenoxy) is 7. The van der Waals surface area contributed by atoms with Crippen molar-refractivity contribution >= 4 is 5.97 Å². The van der Waals surface area contributed by atoms with Gasteiger partial charge in [-0.2, -0.15) is 0 Å². The van der Waals surface area contributed by atoms with Crippen LogP contribution in [0.4, 0.5) is 0 Å². The summed E-state index contributed by atoms with van der Waals surface area (Å²) in [6.45, 7) is 0.627. The Morgan fingerprint density at radius 2 is 1.12 bits per heavy atom. The van der Waals surface area contributed by atoms with E-state index in [1.54, 1.807) is 0 Å². The zero-order valence-corrected chi connectivity index (χ0v) is 27.7. The van der Waals surface area contributed by atoms with E-state index in [2.05, 4.69) is 0 Å². The van der Waals surface area contributed by atoms with Crippen LogP contribution in [0.15, 0.2) is 133 Å². The lowest BCUT2D eigenvalue weighted by Gasteiger charge is -2.45. The van der Waals surface area contributed by atoms with Gasteiger partial charge in [0.15, 0.2) is 17.8 Å². The first kappa shape index (κ1) is 34.2. The molecule has 0 aromatic heterocycles. The van der Waals surface area contributed by atoms with Crippen molar-refractivity contribution in [2.24, 2.45) is 0 Å². The number of aliphatic hydroxyl groups excluding tert-OH is 2. The van der Waals surface area contributed by atoms with Crippen LogP contribution in [0.1, 0.15) is 38.9 Å². The number of aliphatic hydroxyl groups is 2. The maximum Gasteiger partial charge on any atom is 0.340 e. The fraction of sp³-hybridized carbons (Fsp3) is 0.244. The van der Waals surface area contributed by atoms with Gasteiger partial charge in [0.2, 0.25) is 12.0 Å². The van der Waals surface area contributed by atoms with E-state index in [0.29, 0.717) is 5.75 Å². The molecule has 0 saturated carbocycles. The van der Waals surface area contributed by atoms with Gasteiger partial charge in [0.1, 0.15) is 44.2 Å². The van der Waals surface area contributed by atoms with E-state index in [1.807, 2.05) is 121 Å². The highest BCUT2D eigenvalue weighted by Gasteiger charge is 2.50. The largest absolute Gasteiger partial charge is 0.485 e. The maximum absolute atomic E-state index is 13.8. The number of hydrogen-bond donors (Lipinski definition) is 2. The Morgan fingerprint density at radius 3 is 1.65 bits per heavy atom. The zero-order chi connectivity index (χ0) is 35.0. The van der Waals surface area contributed by atoms with Crippen LogP contribution in [-0.4, -0.2) is 53.5 Å². The van der Waals surface area contributed by atoms with Gasteiger partial charge in [-0.05, 0) is 28.8 Å². The molecule has 2 heterocycles. The number of rotatable bonds is 12. The van der Waals surface area contributed by atoms with Crippen LogP contribution >= 0.6 is 0 Å². The highest BCUT2D eigenvalue weighted by atomic mass is 16.8. The quantitative estimate of drug-likeness (QED) is 0.148. The molecule has 0 bridgehead atoms. The van der Waals surface area contributed by atoms with Crippen molar-refractivity contribution in [1.82, 2.24) is 0 Å². The van der Waals surface area contributed by atoms with Crippen molar-refractivity contribution in [3.63, 3.8) is 0 Å². The van der Waals surface area contributed by atoms with Gasteiger partial charge in [0.05, 0.1) is 12.2 Å². The maximum atomic E-state index is 13.8. The molecule has 6 atom stereocenters. The first-order valence-corrected chi connectivity index (χ1v) is 16.7. The monoisotopic (exact) mass is 690 g/mol. The van der Waals surface area contributed by atoms with Crippen molar-refractivity contribution in [3.8, 4) is 17.2 Å². The average molecular weight is 691 g/mol. The third-order valence-electron chi connectivity index (χ3n) is 8.59. The first-order valence-electron chi connectivity index (χ1n) is 16.7. The minimum absolute atomic E-state index is 0.0461. The molecule has 10 heteroatoms. The van der Waals surface area contributed by atoms with E-state index in [9.17, 15) is 15.0 Å². The fourth-order valence-corrected chi connectivity index (χ4v) is 5.88. The fourth-order valence-electron chi connectivity index (χ4n) is 5.88. The molecule has 262 valence electrons. The highest BCUT2D eigenvalue weighted by molar-refractivity contribution is 5.91. The van der Waals surface area contributed by atoms with Crippen molar-refractivity contribution in [1.29, 1.82) is 0 Å². The number of benzene rings is 5. The Bertz CT molecular complexity index is 1790. The topological polar surface area (TPSA) is 122 Å². The SMILES string of the molecule is O=C(O[C@@H]1OC2COC(c3ccccc3)O[C@H]2C(O)C1O)c1cc(OCc2ccccc2)c(OCc2ccccc2)c(OCc2ccccc2)c1. The van der Waals surface area contributed by atoms with Gasteiger partial charge >= 0.3 is 5.97 Å². The molecule has 0 amide bonds. The molecule has 2 aliphatic rings. The van der Waals surface area contributed by atoms with Crippen molar-refractivity contribution in [2.45, 2.75) is 56.8 Å². The number of carbonyl (C=O) groups is 1. The Kier molecular flexibility index (Phi) is 10.9. The van der Waals surface area contributed by atoms with E-state index >= 15 is 0 Å². The number of fused-ring (bicyclic) bond motifs is 1. The molecular formula is C41H38O10. The van der Waals surface area contributed by atoms with Gasteiger partial charge in [-0.25, -0.2) is 4.79 Å². The Hall–Kier alpha value is -5.23. The molecule has 0 aliphatic carbocycles. The smallest absolute Gasteiger partial charge is 0.340 e. The summed E-state index contributed by atoms with van der Waals surface area (Å²) < 4.78 is 42.3. The van der Waals surface area contributed by atoms with Crippen LogP contribution in [0.5, 0.6) is 17.2 Å². The van der Waals surface area contributed by atoms with Crippen LogP contribution in [-0.2, 0) is 38.8 Å². The minimum atomic E-state index is -1.60. The molecule has 0 radical (unpaired) electrons. The van der Waals surface area contributed by atoms with E-state index in [1.165, 1.54) is 12.1 Å². The molecule has 5 aromatic carbocycles. The highest BCUT2D eigenvalue weighted by Crippen LogP contribution is 2.41. The summed E-state index contributed by atoms with van der Waals surface area (Å²) in [6.07, 6.45) is -6.98. The van der Waals surface area contributed by atoms with E-state index < -0.39 is 43.0 Å². The van der Waals surface area contributed by atoms with E-state index in [4.69, 9.17) is 33.2 Å². The van der Waals surface area contributed by atoms with Crippen LogP contribution in [0.25, 0.3) is 0 Å². The van der Waals surface area contributed by atoms with Gasteiger partial charge in [-0.3, -0.25) is 0 Å². The van der Waals surface area contributed by atoms with Gasteiger partial charge in [0.25, 0.3) is 0 Å². The Balaban J connectivity index is 1.14. The molecule has 2 aliphatic heterocycles. The normalized spacial score (nSPS) is 22.7. The molecule has 2 saturated heterocycles. The third kappa shape index (κ3) is 8.39. The predicted molar refractivity (Wildman–Crippen MR) is 185 cm³/mol. The summed E-state index contributed by atoms with van der Waals surface area (Å²) in [5.74, 6) is -0.0377. The van der Waals surface area contributed by atoms with Crippen LogP contribution in [0.3, 0.4) is 0 Å². The molecule has 51 heavy (non-hydrogen) atoms. The number of hydrogen-bond acceptors (Lipinski definition) is 10. The number of carbonyl (C=O) groups excluding carboxylic acids is 1. The molecule has 2 fully saturated rings. The van der Waals surface area contributed by atoms with Gasteiger partial charge in [0, 0.05) is 5.56 Å². The number of esters is 1. The van der Waals surface area contributed by atoms with Gasteiger partial charge in [-0.1, -0.05) is 121 Å². The summed E-state index contributed by atoms with van der Waals surface area (Å²) in [7, 11) is 0. The first-order chi connectivity index (χ1) is 25.0. The zero-order valence-electron chi connectivity index (χ0n) is 27.7. The summed E-state index contributed by atoms with van der Waals surface area (Å²) in [4.78, 5) is 13.8. The van der Waals surface area contributed by atoms with Gasteiger partial charge in [-0.15, -0.1) is 0 Å². The summed E-state index contributed by atoms with van der Waals surface area (Å²) in [5.41, 5.74) is 3.55. The van der Waals surface area contributed by atoms with Crippen LogP contribution < -0.4 is 14.2 Å². The van der Waals surface area contributed by atoms with Crippen LogP contribution in [0.2, 0.25) is 0 Å². The standard InChI is InChI=1S/C41H38O10/c42-35-36(43)41(49-34-26-48-40(50-38(34)35)30-19-11-4-12-20-30)51-39(44)31-21-32(45-23-27-13-5-1-6-14-27)37(47-25-29-17-9-3-10-18-29)33(22-31)46-24-28-15-7-2-8-16-28/h1-22,34-36,38,40-43H,23-26H2/t34?,35?,36?,38-,40?,41+/m1/s1. The lowest BCUT2D eigenvalue weighted by atomic mass is 9.98. The molecular weight excluding hydrogens is 652 g/mol. The Morgan fingerprint density at radius 1 is 0.627 bits per heavy atom.